The number of carbonyl (C=O) groups is 1. The van der Waals surface area contributed by atoms with Crippen molar-refractivity contribution < 1.29 is 17.7 Å². The van der Waals surface area contributed by atoms with Crippen LogP contribution in [0.15, 0.2) is 22.9 Å². The van der Waals surface area contributed by atoms with E-state index in [0.29, 0.717) is 36.8 Å². The highest BCUT2D eigenvalue weighted by Gasteiger charge is 2.39. The number of likely N-dealkylation sites (tertiary alicyclic amines) is 1. The lowest BCUT2D eigenvalue weighted by Crippen LogP contribution is -2.62. The molecule has 1 aliphatic heterocycles. The summed E-state index contributed by atoms with van der Waals surface area (Å²) in [5.41, 5.74) is 1.34. The van der Waals surface area contributed by atoms with Crippen LogP contribution in [0.1, 0.15) is 47.5 Å². The molecule has 1 aliphatic rings. The summed E-state index contributed by atoms with van der Waals surface area (Å²) in [6, 6.07) is 3.26. The molecule has 152 valence electrons. The fraction of sp³-hybridized carbons (Fsp3) is 0.556. The van der Waals surface area contributed by atoms with E-state index < -0.39 is 10.0 Å². The van der Waals surface area contributed by atoms with Gasteiger partial charge in [0.15, 0.2) is 5.82 Å². The first-order chi connectivity index (χ1) is 13.1. The smallest absolute Gasteiger partial charge is 0.255 e. The number of carbonyl (C=O) groups excluding carboxylic acids is 1. The largest absolute Gasteiger partial charge is 0.339 e. The fourth-order valence-corrected chi connectivity index (χ4v) is 4.11. The minimum absolute atomic E-state index is 0.120. The number of aromatic nitrogens is 3. The van der Waals surface area contributed by atoms with E-state index in [-0.39, 0.29) is 24.4 Å². The molecule has 1 amide bonds. The molecule has 2 aromatic heterocycles. The Hall–Kier alpha value is -2.33. The van der Waals surface area contributed by atoms with E-state index in [1.807, 2.05) is 20.8 Å². The molecule has 10 heteroatoms. The number of hydrogen-bond acceptors (Lipinski definition) is 7. The summed E-state index contributed by atoms with van der Waals surface area (Å²) >= 11 is 0. The molecule has 0 spiro atoms. The van der Waals surface area contributed by atoms with E-state index in [1.165, 1.54) is 10.6 Å². The van der Waals surface area contributed by atoms with Gasteiger partial charge in [0.25, 0.3) is 5.91 Å². The van der Waals surface area contributed by atoms with Crippen molar-refractivity contribution >= 4 is 15.9 Å². The zero-order chi connectivity index (χ0) is 20.5. The van der Waals surface area contributed by atoms with Crippen LogP contribution in [0.25, 0.3) is 0 Å². The highest BCUT2D eigenvalue weighted by Crippen LogP contribution is 2.21. The van der Waals surface area contributed by atoms with Crippen LogP contribution in [-0.2, 0) is 16.4 Å². The fourth-order valence-electron chi connectivity index (χ4n) is 3.01. The monoisotopic (exact) mass is 407 g/mol. The standard InChI is InChI=1S/C18H25N5O4S/c1-12(2)17-20-16(21-27-17)7-8-23(28(4,25)26)15-10-22(11-15)18(24)14-6-5-13(3)19-9-14/h5-6,9,12,15H,7-8,10-11H2,1-4H3. The summed E-state index contributed by atoms with van der Waals surface area (Å²) < 4.78 is 31.0. The highest BCUT2D eigenvalue weighted by atomic mass is 32.2. The summed E-state index contributed by atoms with van der Waals surface area (Å²) in [6.45, 7) is 6.69. The van der Waals surface area contributed by atoms with Crippen LogP contribution >= 0.6 is 0 Å². The molecule has 0 aliphatic carbocycles. The number of pyridine rings is 1. The Labute approximate surface area is 164 Å². The lowest BCUT2D eigenvalue weighted by Gasteiger charge is -2.44. The minimum Gasteiger partial charge on any atom is -0.339 e. The van der Waals surface area contributed by atoms with E-state index in [9.17, 15) is 13.2 Å². The number of rotatable bonds is 7. The molecule has 0 unspecified atom stereocenters. The second-order valence-electron chi connectivity index (χ2n) is 7.38. The molecule has 1 fully saturated rings. The van der Waals surface area contributed by atoms with Crippen LogP contribution < -0.4 is 0 Å². The van der Waals surface area contributed by atoms with Crippen molar-refractivity contribution in [2.75, 3.05) is 25.9 Å². The minimum atomic E-state index is -3.43. The molecule has 2 aromatic rings. The number of aryl methyl sites for hydroxylation is 1. The molecule has 9 nitrogen and oxygen atoms in total. The van der Waals surface area contributed by atoms with Crippen molar-refractivity contribution in [3.8, 4) is 0 Å². The molecular formula is C18H25N5O4S. The predicted molar refractivity (Wildman–Crippen MR) is 102 cm³/mol. The third-order valence-electron chi connectivity index (χ3n) is 4.67. The molecule has 0 bridgehead atoms. The third-order valence-corrected chi connectivity index (χ3v) is 6.01. The summed E-state index contributed by atoms with van der Waals surface area (Å²) in [4.78, 5) is 22.5. The maximum Gasteiger partial charge on any atom is 0.255 e. The van der Waals surface area contributed by atoms with Gasteiger partial charge in [0.05, 0.1) is 17.9 Å². The van der Waals surface area contributed by atoms with E-state index in [2.05, 4.69) is 15.1 Å². The van der Waals surface area contributed by atoms with Gasteiger partial charge in [-0.15, -0.1) is 0 Å². The predicted octanol–water partition coefficient (Wildman–Crippen LogP) is 1.23. The molecule has 1 saturated heterocycles. The van der Waals surface area contributed by atoms with E-state index >= 15 is 0 Å². The second-order valence-corrected chi connectivity index (χ2v) is 9.31. The molecule has 0 aromatic carbocycles. The highest BCUT2D eigenvalue weighted by molar-refractivity contribution is 7.88. The van der Waals surface area contributed by atoms with Crippen molar-refractivity contribution in [3.63, 3.8) is 0 Å². The van der Waals surface area contributed by atoms with Crippen molar-refractivity contribution in [1.29, 1.82) is 0 Å². The van der Waals surface area contributed by atoms with Crippen LogP contribution in [-0.4, -0.2) is 70.6 Å². The van der Waals surface area contributed by atoms with Gasteiger partial charge in [-0.3, -0.25) is 9.78 Å². The quantitative estimate of drug-likeness (QED) is 0.679. The van der Waals surface area contributed by atoms with Crippen molar-refractivity contribution in [3.05, 3.63) is 41.3 Å². The molecule has 0 atom stereocenters. The average Bonchev–Trinajstić information content (AvgIpc) is 3.05. The Bertz CT molecular complexity index is 933. The lowest BCUT2D eigenvalue weighted by atomic mass is 10.1. The number of nitrogens with zero attached hydrogens (tertiary/aromatic N) is 5. The van der Waals surface area contributed by atoms with Gasteiger partial charge in [0.2, 0.25) is 15.9 Å². The summed E-state index contributed by atoms with van der Waals surface area (Å²) in [5.74, 6) is 0.995. The molecule has 0 radical (unpaired) electrons. The van der Waals surface area contributed by atoms with Gasteiger partial charge in [-0.1, -0.05) is 19.0 Å². The van der Waals surface area contributed by atoms with E-state index in [1.54, 1.807) is 23.2 Å². The first kappa shape index (κ1) is 20.4. The topological polar surface area (TPSA) is 110 Å². The molecule has 3 rings (SSSR count). The second kappa shape index (κ2) is 7.96. The molecule has 0 N–H and O–H groups in total. The molecule has 0 saturated carbocycles. The number of sulfonamides is 1. The van der Waals surface area contributed by atoms with Gasteiger partial charge in [0.1, 0.15) is 0 Å². The maximum absolute atomic E-state index is 12.5. The molecular weight excluding hydrogens is 382 g/mol. The summed E-state index contributed by atoms with van der Waals surface area (Å²) in [6.07, 6.45) is 3.08. The van der Waals surface area contributed by atoms with Gasteiger partial charge in [0, 0.05) is 43.9 Å². The van der Waals surface area contributed by atoms with E-state index in [4.69, 9.17) is 4.52 Å². The van der Waals surface area contributed by atoms with Crippen molar-refractivity contribution in [1.82, 2.24) is 24.3 Å². The van der Waals surface area contributed by atoms with Crippen LogP contribution in [0, 0.1) is 6.92 Å². The Balaban J connectivity index is 1.60. The van der Waals surface area contributed by atoms with Gasteiger partial charge < -0.3 is 9.42 Å². The van der Waals surface area contributed by atoms with Crippen LogP contribution in [0.2, 0.25) is 0 Å². The SMILES string of the molecule is Cc1ccc(C(=O)N2CC(N(CCc3noc(C(C)C)n3)S(C)(=O)=O)C2)cn1. The third kappa shape index (κ3) is 4.56. The molecule has 3 heterocycles. The lowest BCUT2D eigenvalue weighted by molar-refractivity contribution is 0.0453. The summed E-state index contributed by atoms with van der Waals surface area (Å²) in [7, 11) is -3.43. The maximum atomic E-state index is 12.5. The van der Waals surface area contributed by atoms with Gasteiger partial charge in [-0.25, -0.2) is 8.42 Å². The number of hydrogen-bond donors (Lipinski definition) is 0. The van der Waals surface area contributed by atoms with Crippen molar-refractivity contribution in [2.24, 2.45) is 0 Å². The molecule has 28 heavy (non-hydrogen) atoms. The summed E-state index contributed by atoms with van der Waals surface area (Å²) in [5, 5.41) is 3.91. The Morgan fingerprint density at radius 1 is 1.36 bits per heavy atom. The van der Waals surface area contributed by atoms with Crippen LogP contribution in [0.3, 0.4) is 0 Å². The Kier molecular flexibility index (Phi) is 5.80. The van der Waals surface area contributed by atoms with Crippen LogP contribution in [0.4, 0.5) is 0 Å². The van der Waals surface area contributed by atoms with Crippen LogP contribution in [0.5, 0.6) is 0 Å². The first-order valence-corrected chi connectivity index (χ1v) is 11.0. The van der Waals surface area contributed by atoms with Gasteiger partial charge >= 0.3 is 0 Å². The normalized spacial score (nSPS) is 15.3. The van der Waals surface area contributed by atoms with E-state index in [0.717, 1.165) is 5.69 Å². The Morgan fingerprint density at radius 2 is 2.07 bits per heavy atom. The Morgan fingerprint density at radius 3 is 2.61 bits per heavy atom. The zero-order valence-electron chi connectivity index (χ0n) is 16.5. The van der Waals surface area contributed by atoms with Gasteiger partial charge in [-0.2, -0.15) is 9.29 Å². The zero-order valence-corrected chi connectivity index (χ0v) is 17.3. The van der Waals surface area contributed by atoms with Gasteiger partial charge in [-0.05, 0) is 19.1 Å². The number of amides is 1. The average molecular weight is 407 g/mol. The van der Waals surface area contributed by atoms with Crippen molar-refractivity contribution in [2.45, 2.75) is 39.2 Å². The first-order valence-electron chi connectivity index (χ1n) is 9.16.